The summed E-state index contributed by atoms with van der Waals surface area (Å²) in [6.45, 7) is 5.74. The molecule has 0 heterocycles. The van der Waals surface area contributed by atoms with E-state index >= 15 is 0 Å². The Morgan fingerprint density at radius 2 is 1.44 bits per heavy atom. The highest BCUT2D eigenvalue weighted by Gasteiger charge is 2.14. The van der Waals surface area contributed by atoms with Crippen LogP contribution in [-0.4, -0.2) is 37.0 Å². The number of ether oxygens (including phenoxy) is 1. The molecule has 0 amide bonds. The molecule has 1 atom stereocenters. The first kappa shape index (κ1) is 23.6. The van der Waals surface area contributed by atoms with Gasteiger partial charge in [0.2, 0.25) is 0 Å². The van der Waals surface area contributed by atoms with Crippen molar-refractivity contribution in [2.45, 2.75) is 26.2 Å². The first-order chi connectivity index (χ1) is 15.6. The minimum atomic E-state index is 0.116. The summed E-state index contributed by atoms with van der Waals surface area (Å²) < 4.78 is 5.79. The molecule has 0 saturated heterocycles. The molecule has 32 heavy (non-hydrogen) atoms. The number of hydrogen-bond donors (Lipinski definition) is 3. The summed E-state index contributed by atoms with van der Waals surface area (Å²) in [4.78, 5) is 0. The summed E-state index contributed by atoms with van der Waals surface area (Å²) in [6, 6.07) is 24.0. The summed E-state index contributed by atoms with van der Waals surface area (Å²) in [5.74, 6) is 1.21. The van der Waals surface area contributed by atoms with E-state index < -0.39 is 0 Å². The number of benzene rings is 3. The number of likely N-dealkylation sites (N-methyl/N-ethyl adjacent to an activating group) is 1. The number of phenolic OH excluding ortho intramolecular Hbond substituents is 1. The monoisotopic (exact) mass is 431 g/mol. The van der Waals surface area contributed by atoms with Gasteiger partial charge in [-0.15, -0.1) is 0 Å². The molecule has 1 unspecified atom stereocenters. The van der Waals surface area contributed by atoms with E-state index in [9.17, 15) is 10.2 Å². The molecular formula is C28H33NO3. The first-order valence-electron chi connectivity index (χ1n) is 11.2. The fraction of sp³-hybridized carbons (Fsp3) is 0.286. The maximum Gasteiger partial charge on any atom is 0.119 e. The van der Waals surface area contributed by atoms with E-state index in [2.05, 4.69) is 48.6 Å². The summed E-state index contributed by atoms with van der Waals surface area (Å²) in [5, 5.41) is 22.4. The fourth-order valence-electron chi connectivity index (χ4n) is 3.78. The largest absolute Gasteiger partial charge is 0.508 e. The van der Waals surface area contributed by atoms with Gasteiger partial charge in [-0.3, -0.25) is 0 Å². The van der Waals surface area contributed by atoms with E-state index in [1.807, 2.05) is 38.2 Å². The molecule has 0 spiro atoms. The number of allylic oxidation sites excluding steroid dienone is 1. The van der Waals surface area contributed by atoms with Gasteiger partial charge in [0.1, 0.15) is 18.1 Å². The summed E-state index contributed by atoms with van der Waals surface area (Å²) in [6.07, 6.45) is 0.853. The molecule has 0 aliphatic carbocycles. The van der Waals surface area contributed by atoms with Crippen LogP contribution in [0.1, 0.15) is 48.4 Å². The molecule has 0 aromatic heterocycles. The quantitative estimate of drug-likeness (QED) is 0.295. The Morgan fingerprint density at radius 1 is 0.875 bits per heavy atom. The zero-order valence-corrected chi connectivity index (χ0v) is 19.1. The third kappa shape index (κ3) is 5.78. The van der Waals surface area contributed by atoms with Crippen molar-refractivity contribution in [2.75, 3.05) is 26.8 Å². The average Bonchev–Trinajstić information content (AvgIpc) is 2.84. The normalized spacial score (nSPS) is 12.9. The molecule has 168 valence electrons. The molecule has 0 fully saturated rings. The number of rotatable bonds is 10. The zero-order valence-electron chi connectivity index (χ0n) is 19.1. The van der Waals surface area contributed by atoms with Gasteiger partial charge in [0.25, 0.3) is 0 Å². The Bertz CT molecular complexity index is 1010. The molecule has 0 saturated carbocycles. The van der Waals surface area contributed by atoms with Gasteiger partial charge in [-0.25, -0.2) is 0 Å². The van der Waals surface area contributed by atoms with Gasteiger partial charge < -0.3 is 20.3 Å². The molecule has 3 aromatic rings. The van der Waals surface area contributed by atoms with Crippen LogP contribution in [0.5, 0.6) is 11.5 Å². The number of aliphatic hydroxyl groups is 1. The van der Waals surface area contributed by atoms with Crippen LogP contribution < -0.4 is 10.1 Å². The van der Waals surface area contributed by atoms with E-state index in [4.69, 9.17) is 4.74 Å². The topological polar surface area (TPSA) is 61.7 Å². The highest BCUT2D eigenvalue weighted by Crippen LogP contribution is 2.36. The van der Waals surface area contributed by atoms with Gasteiger partial charge in [-0.05, 0) is 71.1 Å². The fourth-order valence-corrected chi connectivity index (χ4v) is 3.78. The Labute approximate surface area is 191 Å². The molecule has 0 aliphatic heterocycles. The van der Waals surface area contributed by atoms with Crippen molar-refractivity contribution in [2.24, 2.45) is 0 Å². The van der Waals surface area contributed by atoms with Gasteiger partial charge in [-0.2, -0.15) is 0 Å². The van der Waals surface area contributed by atoms with Gasteiger partial charge in [0, 0.05) is 19.1 Å². The van der Waals surface area contributed by atoms with Crippen molar-refractivity contribution in [1.29, 1.82) is 0 Å². The predicted octanol–water partition coefficient (Wildman–Crippen LogP) is 5.46. The van der Waals surface area contributed by atoms with Gasteiger partial charge in [0.15, 0.2) is 0 Å². The highest BCUT2D eigenvalue weighted by molar-refractivity contribution is 5.98. The standard InChI is InChI=1S/C28H33NO3/c1-4-27(22-7-5-21(6-8-22)20(2)19-30)28(23-9-13-25(31)14-10-23)24-11-15-26(16-12-24)32-18-17-29-3/h5-16,20,29-31H,4,17-19H2,1-3H3/b28-27-. The lowest BCUT2D eigenvalue weighted by atomic mass is 9.87. The molecular weight excluding hydrogens is 398 g/mol. The zero-order chi connectivity index (χ0) is 22.9. The van der Waals surface area contributed by atoms with E-state index in [0.717, 1.165) is 46.5 Å². The van der Waals surface area contributed by atoms with Gasteiger partial charge in [0.05, 0.1) is 0 Å². The molecule has 3 aromatic carbocycles. The second kappa shape index (κ2) is 11.5. The Kier molecular flexibility index (Phi) is 8.48. The summed E-state index contributed by atoms with van der Waals surface area (Å²) >= 11 is 0. The molecule has 0 radical (unpaired) electrons. The molecule has 0 aliphatic rings. The third-order valence-electron chi connectivity index (χ3n) is 5.68. The lowest BCUT2D eigenvalue weighted by Crippen LogP contribution is -2.15. The second-order valence-corrected chi connectivity index (χ2v) is 7.94. The van der Waals surface area contributed by atoms with Gasteiger partial charge in [-0.1, -0.05) is 62.4 Å². The van der Waals surface area contributed by atoms with Crippen molar-refractivity contribution >= 4 is 11.1 Å². The summed E-state index contributed by atoms with van der Waals surface area (Å²) in [5.41, 5.74) is 6.79. The van der Waals surface area contributed by atoms with Crippen molar-refractivity contribution in [3.63, 3.8) is 0 Å². The number of hydrogen-bond acceptors (Lipinski definition) is 4. The minimum Gasteiger partial charge on any atom is -0.508 e. The van der Waals surface area contributed by atoms with E-state index in [1.165, 1.54) is 5.57 Å². The SMILES string of the molecule is CC/C(=C(\c1ccc(O)cc1)c1ccc(OCCNC)cc1)c1ccc(C(C)CO)cc1. The Morgan fingerprint density at radius 3 is 1.97 bits per heavy atom. The van der Waals surface area contributed by atoms with Crippen LogP contribution >= 0.6 is 0 Å². The molecule has 0 bridgehead atoms. The van der Waals surface area contributed by atoms with Crippen LogP contribution in [0.4, 0.5) is 0 Å². The van der Waals surface area contributed by atoms with Crippen LogP contribution in [0.15, 0.2) is 72.8 Å². The van der Waals surface area contributed by atoms with Crippen LogP contribution in [0.3, 0.4) is 0 Å². The van der Waals surface area contributed by atoms with Crippen LogP contribution in [-0.2, 0) is 0 Å². The van der Waals surface area contributed by atoms with E-state index in [-0.39, 0.29) is 18.3 Å². The average molecular weight is 432 g/mol. The lowest BCUT2D eigenvalue weighted by Gasteiger charge is -2.18. The maximum absolute atomic E-state index is 9.81. The summed E-state index contributed by atoms with van der Waals surface area (Å²) in [7, 11) is 1.91. The smallest absolute Gasteiger partial charge is 0.119 e. The van der Waals surface area contributed by atoms with Crippen LogP contribution in [0, 0.1) is 0 Å². The third-order valence-corrected chi connectivity index (χ3v) is 5.68. The van der Waals surface area contributed by atoms with E-state index in [0.29, 0.717) is 6.61 Å². The number of aromatic hydroxyl groups is 1. The molecule has 4 nitrogen and oxygen atoms in total. The minimum absolute atomic E-state index is 0.116. The van der Waals surface area contributed by atoms with Crippen LogP contribution in [0.25, 0.3) is 11.1 Å². The van der Waals surface area contributed by atoms with E-state index in [1.54, 1.807) is 12.1 Å². The van der Waals surface area contributed by atoms with Crippen molar-refractivity contribution in [3.8, 4) is 11.5 Å². The van der Waals surface area contributed by atoms with Crippen molar-refractivity contribution in [3.05, 3.63) is 95.1 Å². The van der Waals surface area contributed by atoms with Gasteiger partial charge >= 0.3 is 0 Å². The molecule has 3 rings (SSSR count). The Balaban J connectivity index is 2.06. The predicted molar refractivity (Wildman–Crippen MR) is 132 cm³/mol. The molecule has 3 N–H and O–H groups in total. The highest BCUT2D eigenvalue weighted by atomic mass is 16.5. The lowest BCUT2D eigenvalue weighted by molar-refractivity contribution is 0.273. The number of nitrogens with one attached hydrogen (secondary N) is 1. The number of aliphatic hydroxyl groups excluding tert-OH is 1. The first-order valence-corrected chi connectivity index (χ1v) is 11.2. The maximum atomic E-state index is 9.81. The molecule has 4 heteroatoms. The van der Waals surface area contributed by atoms with Crippen molar-refractivity contribution < 1.29 is 14.9 Å². The van der Waals surface area contributed by atoms with Crippen molar-refractivity contribution in [1.82, 2.24) is 5.32 Å². The Hall–Kier alpha value is -3.08. The van der Waals surface area contributed by atoms with Crippen LogP contribution in [0.2, 0.25) is 0 Å². The second-order valence-electron chi connectivity index (χ2n) is 7.94. The number of phenols is 1.